The molecule has 1 amide bonds. The first-order valence-electron chi connectivity index (χ1n) is 5.01. The van der Waals surface area contributed by atoms with Crippen molar-refractivity contribution in [3.05, 3.63) is 0 Å². The minimum absolute atomic E-state index is 0.0471. The largest absolute Gasteiger partial charge is 0.342 e. The number of aldehydes is 1. The highest BCUT2D eigenvalue weighted by atomic mass is 16.2. The van der Waals surface area contributed by atoms with Gasteiger partial charge < -0.3 is 9.69 Å². The van der Waals surface area contributed by atoms with E-state index in [-0.39, 0.29) is 11.8 Å². The van der Waals surface area contributed by atoms with E-state index in [2.05, 4.69) is 6.92 Å². The van der Waals surface area contributed by atoms with Crippen molar-refractivity contribution in [2.45, 2.75) is 32.6 Å². The smallest absolute Gasteiger partial charge is 0.223 e. The predicted octanol–water partition coefficient (Wildman–Crippen LogP) is 1.22. The first-order valence-corrected chi connectivity index (χ1v) is 5.01. The SMILES string of the molecule is CCCCCN1CC(C=O)CC1=O. The van der Waals surface area contributed by atoms with Crippen molar-refractivity contribution in [1.82, 2.24) is 4.90 Å². The third-order valence-corrected chi connectivity index (χ3v) is 2.47. The van der Waals surface area contributed by atoms with E-state index in [1.54, 1.807) is 0 Å². The van der Waals surface area contributed by atoms with Crippen LogP contribution in [0.1, 0.15) is 32.6 Å². The quantitative estimate of drug-likeness (QED) is 0.475. The third kappa shape index (κ3) is 2.83. The van der Waals surface area contributed by atoms with E-state index in [0.717, 1.165) is 25.7 Å². The maximum Gasteiger partial charge on any atom is 0.223 e. The molecule has 1 unspecified atom stereocenters. The van der Waals surface area contributed by atoms with Gasteiger partial charge in [-0.05, 0) is 6.42 Å². The fourth-order valence-corrected chi connectivity index (χ4v) is 1.66. The lowest BCUT2D eigenvalue weighted by Crippen LogP contribution is -2.26. The van der Waals surface area contributed by atoms with Crippen molar-refractivity contribution in [3.63, 3.8) is 0 Å². The fourth-order valence-electron chi connectivity index (χ4n) is 1.66. The minimum atomic E-state index is -0.0471. The molecule has 1 heterocycles. The van der Waals surface area contributed by atoms with E-state index in [1.807, 2.05) is 4.90 Å². The van der Waals surface area contributed by atoms with Crippen molar-refractivity contribution < 1.29 is 9.59 Å². The Morgan fingerprint density at radius 3 is 2.85 bits per heavy atom. The summed E-state index contributed by atoms with van der Waals surface area (Å²) < 4.78 is 0. The average Bonchev–Trinajstić information content (AvgIpc) is 2.48. The Morgan fingerprint density at radius 1 is 1.54 bits per heavy atom. The second-order valence-corrected chi connectivity index (χ2v) is 3.65. The van der Waals surface area contributed by atoms with Gasteiger partial charge in [-0.1, -0.05) is 19.8 Å². The monoisotopic (exact) mass is 183 g/mol. The van der Waals surface area contributed by atoms with Crippen LogP contribution in [0.5, 0.6) is 0 Å². The molecule has 0 radical (unpaired) electrons. The molecule has 13 heavy (non-hydrogen) atoms. The number of unbranched alkanes of at least 4 members (excludes halogenated alkanes) is 2. The molecule has 0 spiro atoms. The van der Waals surface area contributed by atoms with Gasteiger partial charge in [0.1, 0.15) is 6.29 Å². The second-order valence-electron chi connectivity index (χ2n) is 3.65. The third-order valence-electron chi connectivity index (χ3n) is 2.47. The van der Waals surface area contributed by atoms with Crippen LogP contribution in [-0.2, 0) is 9.59 Å². The molecule has 0 aromatic carbocycles. The minimum Gasteiger partial charge on any atom is -0.342 e. The van der Waals surface area contributed by atoms with Gasteiger partial charge in [-0.3, -0.25) is 4.79 Å². The van der Waals surface area contributed by atoms with Crippen LogP contribution in [0.15, 0.2) is 0 Å². The van der Waals surface area contributed by atoms with Gasteiger partial charge in [0.05, 0.1) is 0 Å². The molecule has 1 saturated heterocycles. The zero-order valence-corrected chi connectivity index (χ0v) is 8.16. The van der Waals surface area contributed by atoms with Crippen LogP contribution < -0.4 is 0 Å². The first kappa shape index (κ1) is 10.2. The van der Waals surface area contributed by atoms with E-state index in [1.165, 1.54) is 6.42 Å². The Labute approximate surface area is 79.1 Å². The van der Waals surface area contributed by atoms with E-state index >= 15 is 0 Å². The molecular formula is C10H17NO2. The molecule has 0 bridgehead atoms. The Morgan fingerprint density at radius 2 is 2.31 bits per heavy atom. The standard InChI is InChI=1S/C10H17NO2/c1-2-3-4-5-11-7-9(8-12)6-10(11)13/h8-9H,2-7H2,1H3. The van der Waals surface area contributed by atoms with Gasteiger partial charge in [0.2, 0.25) is 5.91 Å². The average molecular weight is 183 g/mol. The summed E-state index contributed by atoms with van der Waals surface area (Å²) in [5.74, 6) is 0.0994. The Balaban J connectivity index is 2.26. The van der Waals surface area contributed by atoms with Crippen LogP contribution in [0, 0.1) is 5.92 Å². The van der Waals surface area contributed by atoms with Crippen molar-refractivity contribution in [1.29, 1.82) is 0 Å². The van der Waals surface area contributed by atoms with E-state index in [4.69, 9.17) is 0 Å². The van der Waals surface area contributed by atoms with Gasteiger partial charge in [0.15, 0.2) is 0 Å². The number of carbonyl (C=O) groups excluding carboxylic acids is 2. The van der Waals surface area contributed by atoms with E-state index < -0.39 is 0 Å². The lowest BCUT2D eigenvalue weighted by atomic mass is 10.1. The van der Waals surface area contributed by atoms with Gasteiger partial charge in [-0.2, -0.15) is 0 Å². The number of amides is 1. The number of hydrogen-bond donors (Lipinski definition) is 0. The summed E-state index contributed by atoms with van der Waals surface area (Å²) in [6.07, 6.45) is 4.72. The van der Waals surface area contributed by atoms with Crippen molar-refractivity contribution in [2.75, 3.05) is 13.1 Å². The van der Waals surface area contributed by atoms with Crippen LogP contribution in [-0.4, -0.2) is 30.2 Å². The second kappa shape index (κ2) is 5.00. The van der Waals surface area contributed by atoms with Crippen LogP contribution in [0.2, 0.25) is 0 Å². The van der Waals surface area contributed by atoms with Crippen molar-refractivity contribution >= 4 is 12.2 Å². The number of likely N-dealkylation sites (tertiary alicyclic amines) is 1. The predicted molar refractivity (Wildman–Crippen MR) is 50.3 cm³/mol. The summed E-state index contributed by atoms with van der Waals surface area (Å²) in [5.41, 5.74) is 0. The number of carbonyl (C=O) groups is 2. The summed E-state index contributed by atoms with van der Waals surface area (Å²) in [6, 6.07) is 0. The maximum atomic E-state index is 11.3. The van der Waals surface area contributed by atoms with Gasteiger partial charge in [0, 0.05) is 25.4 Å². The summed E-state index contributed by atoms with van der Waals surface area (Å²) in [5, 5.41) is 0. The lowest BCUT2D eigenvalue weighted by molar-refractivity contribution is -0.128. The molecule has 1 atom stereocenters. The summed E-state index contributed by atoms with van der Waals surface area (Å²) >= 11 is 0. The topological polar surface area (TPSA) is 37.4 Å². The molecule has 1 rings (SSSR count). The van der Waals surface area contributed by atoms with Gasteiger partial charge in [-0.15, -0.1) is 0 Å². The van der Waals surface area contributed by atoms with E-state index in [9.17, 15) is 9.59 Å². The maximum absolute atomic E-state index is 11.3. The molecular weight excluding hydrogens is 166 g/mol. The normalized spacial score (nSPS) is 22.4. The molecule has 1 aliphatic heterocycles. The molecule has 0 aromatic rings. The Hall–Kier alpha value is -0.860. The molecule has 0 saturated carbocycles. The molecule has 3 heteroatoms. The van der Waals surface area contributed by atoms with Gasteiger partial charge in [0.25, 0.3) is 0 Å². The highest BCUT2D eigenvalue weighted by Gasteiger charge is 2.28. The lowest BCUT2D eigenvalue weighted by Gasteiger charge is -2.14. The first-order chi connectivity index (χ1) is 6.27. The van der Waals surface area contributed by atoms with Crippen LogP contribution >= 0.6 is 0 Å². The zero-order chi connectivity index (χ0) is 9.68. The van der Waals surface area contributed by atoms with E-state index in [0.29, 0.717) is 13.0 Å². The molecule has 0 N–H and O–H groups in total. The molecule has 1 fully saturated rings. The summed E-state index contributed by atoms with van der Waals surface area (Å²) in [4.78, 5) is 23.6. The van der Waals surface area contributed by atoms with Crippen LogP contribution in [0.25, 0.3) is 0 Å². The van der Waals surface area contributed by atoms with Gasteiger partial charge >= 0.3 is 0 Å². The summed E-state index contributed by atoms with van der Waals surface area (Å²) in [7, 11) is 0. The molecule has 3 nitrogen and oxygen atoms in total. The fraction of sp³-hybridized carbons (Fsp3) is 0.800. The van der Waals surface area contributed by atoms with Crippen LogP contribution in [0.3, 0.4) is 0 Å². The number of nitrogens with zero attached hydrogens (tertiary/aromatic N) is 1. The molecule has 74 valence electrons. The van der Waals surface area contributed by atoms with Crippen LogP contribution in [0.4, 0.5) is 0 Å². The number of hydrogen-bond acceptors (Lipinski definition) is 2. The highest BCUT2D eigenvalue weighted by Crippen LogP contribution is 2.16. The Bertz CT molecular complexity index is 191. The molecule has 0 aromatic heterocycles. The number of rotatable bonds is 5. The highest BCUT2D eigenvalue weighted by molar-refractivity contribution is 5.82. The Kier molecular flexibility index (Phi) is 3.93. The van der Waals surface area contributed by atoms with Gasteiger partial charge in [-0.25, -0.2) is 0 Å². The summed E-state index contributed by atoms with van der Waals surface area (Å²) in [6.45, 7) is 3.61. The molecule has 1 aliphatic rings. The van der Waals surface area contributed by atoms with Crippen molar-refractivity contribution in [3.8, 4) is 0 Å². The molecule has 0 aliphatic carbocycles. The zero-order valence-electron chi connectivity index (χ0n) is 8.16. The van der Waals surface area contributed by atoms with Crippen molar-refractivity contribution in [2.24, 2.45) is 5.92 Å².